The monoisotopic (exact) mass is 392 g/mol. The number of fused-ring (bicyclic) bond motifs is 1. The minimum Gasteiger partial charge on any atom is -0.378 e. The fourth-order valence-electron chi connectivity index (χ4n) is 4.09. The Balaban J connectivity index is 1.80. The van der Waals surface area contributed by atoms with E-state index in [-0.39, 0.29) is 11.4 Å². The molecule has 0 aliphatic carbocycles. The second-order valence-electron chi connectivity index (χ2n) is 7.76. The van der Waals surface area contributed by atoms with Gasteiger partial charge in [0.2, 0.25) is 11.9 Å². The van der Waals surface area contributed by atoms with Crippen molar-refractivity contribution < 1.29 is 4.79 Å². The smallest absolute Gasteiger partial charge is 0.258 e. The van der Waals surface area contributed by atoms with Crippen molar-refractivity contribution in [2.24, 2.45) is 5.92 Å². The average molecular weight is 392 g/mol. The van der Waals surface area contributed by atoms with Gasteiger partial charge in [-0.3, -0.25) is 14.6 Å². The van der Waals surface area contributed by atoms with Crippen LogP contribution in [0.1, 0.15) is 36.3 Å². The van der Waals surface area contributed by atoms with Crippen LogP contribution >= 0.6 is 0 Å². The SMILES string of the molecule is CN(C)c1ccc([C@H]2c3c(nc(N4CCCCC4)[nH]c3=O)NC(=O)[C@@H]2C#N)cc1. The molecule has 1 fully saturated rings. The predicted octanol–water partition coefficient (Wildman–Crippen LogP) is 2.05. The Kier molecular flexibility index (Phi) is 4.97. The van der Waals surface area contributed by atoms with Crippen LogP contribution in [0, 0.1) is 17.2 Å². The highest BCUT2D eigenvalue weighted by Crippen LogP contribution is 2.38. The molecule has 0 radical (unpaired) electrons. The van der Waals surface area contributed by atoms with Crippen LogP contribution in [0.3, 0.4) is 0 Å². The van der Waals surface area contributed by atoms with E-state index in [2.05, 4.69) is 21.4 Å². The molecule has 2 aromatic rings. The van der Waals surface area contributed by atoms with Gasteiger partial charge >= 0.3 is 0 Å². The second kappa shape index (κ2) is 7.59. The van der Waals surface area contributed by atoms with Gasteiger partial charge in [-0.2, -0.15) is 10.2 Å². The van der Waals surface area contributed by atoms with E-state index in [1.54, 1.807) is 0 Å². The third-order valence-corrected chi connectivity index (χ3v) is 5.67. The number of piperidine rings is 1. The number of carbonyl (C=O) groups is 1. The first kappa shape index (κ1) is 19.0. The summed E-state index contributed by atoms with van der Waals surface area (Å²) in [6.07, 6.45) is 3.26. The number of aromatic nitrogens is 2. The lowest BCUT2D eigenvalue weighted by molar-refractivity contribution is -0.119. The maximum absolute atomic E-state index is 13.1. The number of hydrogen-bond donors (Lipinski definition) is 2. The van der Waals surface area contributed by atoms with Crippen LogP contribution in [0.15, 0.2) is 29.1 Å². The van der Waals surface area contributed by atoms with Gasteiger partial charge in [-0.05, 0) is 37.0 Å². The molecule has 4 rings (SSSR count). The van der Waals surface area contributed by atoms with E-state index in [4.69, 9.17) is 0 Å². The molecule has 8 heteroatoms. The molecule has 1 aromatic heterocycles. The summed E-state index contributed by atoms with van der Waals surface area (Å²) in [7, 11) is 3.88. The van der Waals surface area contributed by atoms with Gasteiger partial charge in [0.1, 0.15) is 11.7 Å². The zero-order valence-electron chi connectivity index (χ0n) is 16.6. The molecule has 29 heavy (non-hydrogen) atoms. The van der Waals surface area contributed by atoms with Crippen molar-refractivity contribution in [2.45, 2.75) is 25.2 Å². The van der Waals surface area contributed by atoms with Crippen LogP contribution < -0.4 is 20.7 Å². The molecule has 2 atom stereocenters. The minimum atomic E-state index is -0.989. The summed E-state index contributed by atoms with van der Waals surface area (Å²) in [6.45, 7) is 1.65. The van der Waals surface area contributed by atoms with Crippen molar-refractivity contribution in [3.63, 3.8) is 0 Å². The van der Waals surface area contributed by atoms with E-state index < -0.39 is 17.7 Å². The van der Waals surface area contributed by atoms with E-state index in [1.165, 1.54) is 0 Å². The maximum Gasteiger partial charge on any atom is 0.258 e. The number of benzene rings is 1. The molecule has 1 amide bonds. The van der Waals surface area contributed by atoms with Gasteiger partial charge in [0, 0.05) is 38.8 Å². The lowest BCUT2D eigenvalue weighted by Gasteiger charge is -2.31. The summed E-state index contributed by atoms with van der Waals surface area (Å²) in [5.74, 6) is -1.34. The van der Waals surface area contributed by atoms with Gasteiger partial charge in [0.15, 0.2) is 0 Å². The van der Waals surface area contributed by atoms with Crippen LogP contribution in [0.25, 0.3) is 0 Å². The molecule has 0 saturated carbocycles. The molecule has 3 heterocycles. The molecule has 1 saturated heterocycles. The van der Waals surface area contributed by atoms with Crippen LogP contribution in [0.4, 0.5) is 17.5 Å². The summed E-state index contributed by atoms with van der Waals surface area (Å²) in [5.41, 5.74) is 1.78. The van der Waals surface area contributed by atoms with Crippen LogP contribution in [0.2, 0.25) is 0 Å². The molecule has 8 nitrogen and oxygen atoms in total. The maximum atomic E-state index is 13.1. The van der Waals surface area contributed by atoms with Gasteiger partial charge in [-0.15, -0.1) is 0 Å². The summed E-state index contributed by atoms with van der Waals surface area (Å²) in [5, 5.41) is 12.3. The van der Waals surface area contributed by atoms with E-state index in [0.29, 0.717) is 11.5 Å². The van der Waals surface area contributed by atoms with Crippen LogP contribution in [-0.2, 0) is 4.79 Å². The van der Waals surface area contributed by atoms with E-state index in [1.807, 2.05) is 48.2 Å². The zero-order chi connectivity index (χ0) is 20.5. The molecule has 2 N–H and O–H groups in total. The van der Waals surface area contributed by atoms with Gasteiger partial charge < -0.3 is 15.1 Å². The molecule has 0 unspecified atom stereocenters. The lowest BCUT2D eigenvalue weighted by Crippen LogP contribution is -2.40. The van der Waals surface area contributed by atoms with Crippen molar-refractivity contribution in [1.82, 2.24) is 9.97 Å². The number of rotatable bonds is 3. The van der Waals surface area contributed by atoms with E-state index >= 15 is 0 Å². The molecular formula is C21H24N6O2. The van der Waals surface area contributed by atoms with Gasteiger partial charge in [0.25, 0.3) is 5.56 Å². The number of nitrogens with zero attached hydrogens (tertiary/aromatic N) is 4. The van der Waals surface area contributed by atoms with Crippen LogP contribution in [0.5, 0.6) is 0 Å². The second-order valence-corrected chi connectivity index (χ2v) is 7.76. The topological polar surface area (TPSA) is 105 Å². The molecule has 0 bridgehead atoms. The Morgan fingerprint density at radius 1 is 1.14 bits per heavy atom. The highest BCUT2D eigenvalue weighted by Gasteiger charge is 2.40. The third-order valence-electron chi connectivity index (χ3n) is 5.67. The Labute approximate surface area is 169 Å². The number of nitriles is 1. The first-order chi connectivity index (χ1) is 14.0. The third kappa shape index (κ3) is 3.44. The summed E-state index contributed by atoms with van der Waals surface area (Å²) >= 11 is 0. The first-order valence-electron chi connectivity index (χ1n) is 9.86. The lowest BCUT2D eigenvalue weighted by atomic mass is 9.79. The minimum absolute atomic E-state index is 0.257. The largest absolute Gasteiger partial charge is 0.378 e. The van der Waals surface area contributed by atoms with Crippen molar-refractivity contribution in [2.75, 3.05) is 42.3 Å². The number of carbonyl (C=O) groups excluding carboxylic acids is 1. The highest BCUT2D eigenvalue weighted by molar-refractivity contribution is 5.98. The Bertz CT molecular complexity index is 1010. The average Bonchev–Trinajstić information content (AvgIpc) is 2.73. The molecule has 0 spiro atoms. The molecule has 1 aromatic carbocycles. The molecular weight excluding hydrogens is 368 g/mol. The Hall–Kier alpha value is -3.34. The van der Waals surface area contributed by atoms with E-state index in [9.17, 15) is 14.9 Å². The van der Waals surface area contributed by atoms with Gasteiger partial charge in [-0.1, -0.05) is 12.1 Å². The van der Waals surface area contributed by atoms with E-state index in [0.717, 1.165) is 43.6 Å². The van der Waals surface area contributed by atoms with Crippen molar-refractivity contribution >= 4 is 23.4 Å². The zero-order valence-corrected chi connectivity index (χ0v) is 16.6. The Morgan fingerprint density at radius 3 is 2.45 bits per heavy atom. The standard InChI is InChI=1S/C21H24N6O2/c1-26(2)14-8-6-13(7-9-14)16-15(12-22)19(28)23-18-17(16)20(29)25-21(24-18)27-10-4-3-5-11-27/h6-9,15-16H,3-5,10-11H2,1-2H3,(H2,23,24,25,28,29)/t15-,16-/m1/s1. The number of nitrogens with one attached hydrogen (secondary N) is 2. The number of amides is 1. The first-order valence-corrected chi connectivity index (χ1v) is 9.86. The normalized spacial score (nSPS) is 21.1. The highest BCUT2D eigenvalue weighted by atomic mass is 16.2. The number of anilines is 3. The predicted molar refractivity (Wildman–Crippen MR) is 111 cm³/mol. The Morgan fingerprint density at radius 2 is 1.83 bits per heavy atom. The van der Waals surface area contributed by atoms with Gasteiger partial charge in [-0.25, -0.2) is 0 Å². The number of aromatic amines is 1. The summed E-state index contributed by atoms with van der Waals surface area (Å²) < 4.78 is 0. The quantitative estimate of drug-likeness (QED) is 0.828. The van der Waals surface area contributed by atoms with Crippen LogP contribution in [-0.4, -0.2) is 43.1 Å². The van der Waals surface area contributed by atoms with Crippen molar-refractivity contribution in [3.8, 4) is 6.07 Å². The number of hydrogen-bond acceptors (Lipinski definition) is 6. The molecule has 2 aliphatic heterocycles. The fourth-order valence-corrected chi connectivity index (χ4v) is 4.09. The number of H-pyrrole nitrogens is 1. The van der Waals surface area contributed by atoms with Crippen molar-refractivity contribution in [1.29, 1.82) is 5.26 Å². The summed E-state index contributed by atoms with van der Waals surface area (Å²) in [6, 6.07) is 9.64. The van der Waals surface area contributed by atoms with Crippen molar-refractivity contribution in [3.05, 3.63) is 45.7 Å². The molecule has 2 aliphatic rings. The fraction of sp³-hybridized carbons (Fsp3) is 0.429. The molecule has 150 valence electrons. The summed E-state index contributed by atoms with van der Waals surface area (Å²) in [4.78, 5) is 37.1. The van der Waals surface area contributed by atoms with Gasteiger partial charge in [0.05, 0.1) is 11.6 Å².